The van der Waals surface area contributed by atoms with Crippen LogP contribution < -0.4 is 0 Å². The van der Waals surface area contributed by atoms with Crippen molar-refractivity contribution in [3.8, 4) is 0 Å². The first-order valence-corrected chi connectivity index (χ1v) is 13.4. The van der Waals surface area contributed by atoms with Crippen molar-refractivity contribution in [3.05, 3.63) is 25.3 Å². The maximum Gasteiger partial charge on any atom is 0.310 e. The van der Waals surface area contributed by atoms with Gasteiger partial charge in [0.25, 0.3) is 0 Å². The molecule has 2 bridgehead atoms. The van der Waals surface area contributed by atoms with Gasteiger partial charge in [0.05, 0.1) is 35.8 Å². The first-order chi connectivity index (χ1) is 16.2. The number of nitrogens with zero attached hydrogens (tertiary/aromatic N) is 2. The van der Waals surface area contributed by atoms with Gasteiger partial charge in [-0.2, -0.15) is 0 Å². The largest absolute Gasteiger partial charge is 0.465 e. The number of rotatable bonds is 12. The van der Waals surface area contributed by atoms with Crippen LogP contribution in [0.15, 0.2) is 25.3 Å². The average molecular weight is 493 g/mol. The molecule has 3 heterocycles. The lowest BCUT2D eigenvalue weighted by molar-refractivity contribution is -0.154. The normalized spacial score (nSPS) is 31.4. The van der Waals surface area contributed by atoms with Crippen LogP contribution in [0.4, 0.5) is 0 Å². The number of hydrogen-bond acceptors (Lipinski definition) is 6. The minimum absolute atomic E-state index is 0.00609. The van der Waals surface area contributed by atoms with Crippen molar-refractivity contribution in [2.45, 2.75) is 81.5 Å². The van der Waals surface area contributed by atoms with Crippen LogP contribution in [0.2, 0.25) is 0 Å². The predicted molar refractivity (Wildman–Crippen MR) is 134 cm³/mol. The molecule has 7 atom stereocenters. The fourth-order valence-electron chi connectivity index (χ4n) is 6.00. The molecule has 0 aromatic rings. The van der Waals surface area contributed by atoms with Crippen LogP contribution in [-0.4, -0.2) is 80.6 Å². The molecule has 7 nitrogen and oxygen atoms in total. The molecule has 3 rings (SSSR count). The fraction of sp³-hybridized carbons (Fsp3) is 0.731. The van der Waals surface area contributed by atoms with Crippen molar-refractivity contribution in [2.24, 2.45) is 17.8 Å². The lowest BCUT2D eigenvalue weighted by atomic mass is 9.71. The first-order valence-electron chi connectivity index (χ1n) is 12.5. The second-order valence-corrected chi connectivity index (χ2v) is 11.7. The number of thioether (sulfide) groups is 1. The Morgan fingerprint density at radius 1 is 1.32 bits per heavy atom. The average Bonchev–Trinajstić information content (AvgIpc) is 3.45. The van der Waals surface area contributed by atoms with E-state index in [1.807, 2.05) is 27.7 Å². The number of likely N-dealkylation sites (tertiary alicyclic amines) is 1. The third-order valence-corrected chi connectivity index (χ3v) is 9.84. The molecule has 1 spiro atoms. The van der Waals surface area contributed by atoms with E-state index in [2.05, 4.69) is 13.2 Å². The van der Waals surface area contributed by atoms with Crippen LogP contribution in [0.25, 0.3) is 0 Å². The summed E-state index contributed by atoms with van der Waals surface area (Å²) in [5.74, 6) is -1.85. The topological polar surface area (TPSA) is 87.2 Å². The Labute approximate surface area is 208 Å². The molecule has 2 amide bonds. The van der Waals surface area contributed by atoms with Crippen LogP contribution in [0.5, 0.6) is 0 Å². The molecule has 3 saturated heterocycles. The van der Waals surface area contributed by atoms with Crippen LogP contribution in [0.1, 0.15) is 53.4 Å². The summed E-state index contributed by atoms with van der Waals surface area (Å²) in [6.45, 7) is 15.8. The Hall–Kier alpha value is -1.80. The predicted octanol–water partition coefficient (Wildman–Crippen LogP) is 3.03. The van der Waals surface area contributed by atoms with Gasteiger partial charge >= 0.3 is 5.97 Å². The molecule has 3 fully saturated rings. The van der Waals surface area contributed by atoms with Crippen molar-refractivity contribution in [2.75, 3.05) is 19.8 Å². The van der Waals surface area contributed by atoms with Crippen molar-refractivity contribution in [3.63, 3.8) is 0 Å². The summed E-state index contributed by atoms with van der Waals surface area (Å²) in [5, 5.41) is 10.3. The number of fused-ring (bicyclic) bond motifs is 1. The molecule has 3 aliphatic rings. The van der Waals surface area contributed by atoms with E-state index in [4.69, 9.17) is 4.74 Å². The number of esters is 1. The number of amides is 2. The second kappa shape index (κ2) is 10.9. The van der Waals surface area contributed by atoms with E-state index in [1.165, 1.54) is 0 Å². The molecule has 1 N–H and O–H groups in total. The number of carbonyl (C=O) groups excluding carboxylic acids is 3. The van der Waals surface area contributed by atoms with Crippen LogP contribution in [0.3, 0.4) is 0 Å². The molecular weight excluding hydrogens is 452 g/mol. The number of hydrogen-bond donors (Lipinski definition) is 1. The zero-order chi connectivity index (χ0) is 25.2. The number of aliphatic hydroxyl groups excluding tert-OH is 1. The van der Waals surface area contributed by atoms with Gasteiger partial charge in [0.15, 0.2) is 0 Å². The highest BCUT2D eigenvalue weighted by Gasteiger charge is 2.75. The maximum atomic E-state index is 14.1. The molecular formula is C26H40N2O5S. The van der Waals surface area contributed by atoms with Crippen LogP contribution in [0, 0.1) is 17.8 Å². The third kappa shape index (κ3) is 4.32. The summed E-state index contributed by atoms with van der Waals surface area (Å²) in [6, 6.07) is -1.28. The highest BCUT2D eigenvalue weighted by molar-refractivity contribution is 8.02. The number of carbonyl (C=O) groups is 3. The van der Waals surface area contributed by atoms with Gasteiger partial charge in [0.2, 0.25) is 11.8 Å². The highest BCUT2D eigenvalue weighted by atomic mass is 32.2. The van der Waals surface area contributed by atoms with Gasteiger partial charge in [0, 0.05) is 17.8 Å². The van der Waals surface area contributed by atoms with E-state index < -0.39 is 28.7 Å². The smallest absolute Gasteiger partial charge is 0.310 e. The van der Waals surface area contributed by atoms with E-state index in [9.17, 15) is 19.5 Å². The molecule has 0 aromatic carbocycles. The van der Waals surface area contributed by atoms with Crippen molar-refractivity contribution in [1.82, 2.24) is 9.80 Å². The van der Waals surface area contributed by atoms with Gasteiger partial charge in [0.1, 0.15) is 6.04 Å². The molecule has 190 valence electrons. The highest BCUT2D eigenvalue weighted by Crippen LogP contribution is 2.67. The Bertz CT molecular complexity index is 817. The Morgan fingerprint density at radius 2 is 2.03 bits per heavy atom. The van der Waals surface area contributed by atoms with Crippen molar-refractivity contribution < 1.29 is 24.2 Å². The van der Waals surface area contributed by atoms with Gasteiger partial charge in [-0.05, 0) is 39.0 Å². The van der Waals surface area contributed by atoms with Crippen molar-refractivity contribution in [1.29, 1.82) is 0 Å². The second-order valence-electron chi connectivity index (χ2n) is 10.1. The molecule has 0 aromatic heterocycles. The summed E-state index contributed by atoms with van der Waals surface area (Å²) in [5.41, 5.74) is 0. The zero-order valence-corrected chi connectivity index (χ0v) is 21.8. The minimum atomic E-state index is -0.723. The van der Waals surface area contributed by atoms with Crippen LogP contribution in [-0.2, 0) is 19.1 Å². The number of aliphatic hydroxyl groups is 1. The fourth-order valence-corrected chi connectivity index (χ4v) is 8.19. The monoisotopic (exact) mass is 492 g/mol. The molecule has 3 aliphatic heterocycles. The van der Waals surface area contributed by atoms with E-state index in [-0.39, 0.29) is 48.2 Å². The van der Waals surface area contributed by atoms with Gasteiger partial charge in [-0.1, -0.05) is 32.4 Å². The van der Waals surface area contributed by atoms with E-state index in [1.54, 1.807) is 33.7 Å². The number of ether oxygens (including phenoxy) is 1. The van der Waals surface area contributed by atoms with Gasteiger partial charge in [-0.3, -0.25) is 14.4 Å². The summed E-state index contributed by atoms with van der Waals surface area (Å²) in [4.78, 5) is 44.8. The van der Waals surface area contributed by atoms with Gasteiger partial charge in [-0.25, -0.2) is 0 Å². The molecule has 8 heteroatoms. The zero-order valence-electron chi connectivity index (χ0n) is 20.9. The summed E-state index contributed by atoms with van der Waals surface area (Å²) in [7, 11) is 0. The molecule has 34 heavy (non-hydrogen) atoms. The Balaban J connectivity index is 2.07. The maximum absolute atomic E-state index is 14.1. The van der Waals surface area contributed by atoms with Gasteiger partial charge < -0.3 is 19.6 Å². The molecule has 0 radical (unpaired) electrons. The molecule has 2 unspecified atom stereocenters. The van der Waals surface area contributed by atoms with E-state index in [0.29, 0.717) is 19.4 Å². The summed E-state index contributed by atoms with van der Waals surface area (Å²) < 4.78 is 4.85. The van der Waals surface area contributed by atoms with Crippen LogP contribution >= 0.6 is 11.8 Å². The molecule has 0 aliphatic carbocycles. The standard InChI is InChI=1S/C26H40N2O5S/c1-7-10-14-33-25(32)20-19-11-12-26(34-19)21(20)23(30)28(18(15-29)17(6)9-3)22(26)24(31)27(13-8-2)16(4)5/h7-8,16-22,29H,1-2,9-15H2,3-6H3/t17-,18-,19-,20+,21-,22?,26?/m0/s1. The molecule has 0 saturated carbocycles. The Morgan fingerprint density at radius 3 is 2.59 bits per heavy atom. The quantitative estimate of drug-likeness (QED) is 0.256. The first kappa shape index (κ1) is 26.8. The minimum Gasteiger partial charge on any atom is -0.465 e. The Kier molecular flexibility index (Phi) is 8.56. The van der Waals surface area contributed by atoms with Gasteiger partial charge in [-0.15, -0.1) is 24.9 Å². The SMILES string of the molecule is C=CCCOC(=O)[C@@H]1[C@@H]2CCC3(S2)C(C(=O)N(CC=C)C(C)C)N([C@@H](CO)[C@@H](C)CC)C(=O)[C@H]13. The third-order valence-electron chi connectivity index (χ3n) is 7.89. The van der Waals surface area contributed by atoms with Crippen molar-refractivity contribution >= 4 is 29.5 Å². The summed E-state index contributed by atoms with van der Waals surface area (Å²) in [6.07, 6.45) is 6.17. The lowest BCUT2D eigenvalue weighted by Gasteiger charge is -2.42. The van der Waals surface area contributed by atoms with E-state index >= 15 is 0 Å². The lowest BCUT2D eigenvalue weighted by Crippen LogP contribution is -2.59. The van der Waals surface area contributed by atoms with E-state index in [0.717, 1.165) is 12.8 Å². The summed E-state index contributed by atoms with van der Waals surface area (Å²) >= 11 is 1.63.